The van der Waals surface area contributed by atoms with E-state index in [-0.39, 0.29) is 14.4 Å². The third-order valence-corrected chi connectivity index (χ3v) is 6.87. The molecule has 28 heavy (non-hydrogen) atoms. The van der Waals surface area contributed by atoms with Crippen LogP contribution < -0.4 is 0 Å². The summed E-state index contributed by atoms with van der Waals surface area (Å²) < 4.78 is 58.5. The van der Waals surface area contributed by atoms with Crippen molar-refractivity contribution in [3.8, 4) is 0 Å². The molecule has 0 aromatic heterocycles. The normalized spacial score (nSPS) is 41.4. The fraction of sp³-hybridized carbons (Fsp3) is 1.00. The smallest absolute Gasteiger partial charge is 0.229 e. The Labute approximate surface area is 169 Å². The summed E-state index contributed by atoms with van der Waals surface area (Å²) in [5.41, 5.74) is 0. The van der Waals surface area contributed by atoms with Crippen LogP contribution in [0.15, 0.2) is 0 Å². The minimum Gasteiger partial charge on any atom is -0.412 e. The standard InChI is InChI=1S/C20H34F2O2.CH2F2.H2O.2H2/c1-13-3-5-14(6-4-13)15-7-9-16(10-8-15)24-18-12-11-17(23-2)19(21)20(18)22;2-1-3;;;/h13-20H,3-12H2,1-2H3;1H2;1H2;2*1H. The quantitative estimate of drug-likeness (QED) is 0.543. The van der Waals surface area contributed by atoms with Crippen LogP contribution in [0.3, 0.4) is 0 Å². The van der Waals surface area contributed by atoms with Gasteiger partial charge in [0.25, 0.3) is 0 Å². The van der Waals surface area contributed by atoms with E-state index in [1.807, 2.05) is 0 Å². The highest BCUT2D eigenvalue weighted by Crippen LogP contribution is 2.41. The van der Waals surface area contributed by atoms with E-state index in [1.54, 1.807) is 0 Å². The first-order chi connectivity index (χ1) is 13.0. The number of alkyl halides is 4. The average molecular weight is 419 g/mol. The Kier molecular flexibility index (Phi) is 11.9. The molecule has 3 aliphatic carbocycles. The van der Waals surface area contributed by atoms with Gasteiger partial charge < -0.3 is 14.9 Å². The zero-order valence-corrected chi connectivity index (χ0v) is 17.2. The van der Waals surface area contributed by atoms with Crippen LogP contribution in [0.4, 0.5) is 17.6 Å². The summed E-state index contributed by atoms with van der Waals surface area (Å²) in [5.74, 6) is 2.62. The molecule has 0 bridgehead atoms. The van der Waals surface area contributed by atoms with Crippen LogP contribution in [0.2, 0.25) is 0 Å². The number of hydrogen-bond acceptors (Lipinski definition) is 2. The molecule has 3 rings (SSSR count). The Morgan fingerprint density at radius 2 is 1.18 bits per heavy atom. The van der Waals surface area contributed by atoms with Crippen LogP contribution in [0.5, 0.6) is 0 Å². The Morgan fingerprint density at radius 1 is 0.750 bits per heavy atom. The van der Waals surface area contributed by atoms with Crippen molar-refractivity contribution in [3.63, 3.8) is 0 Å². The minimum absolute atomic E-state index is 0. The van der Waals surface area contributed by atoms with Gasteiger partial charge in [0.1, 0.15) is 0 Å². The van der Waals surface area contributed by atoms with E-state index in [1.165, 1.54) is 45.6 Å². The molecular formula is C21H42F4O3. The van der Waals surface area contributed by atoms with Crippen molar-refractivity contribution in [2.24, 2.45) is 17.8 Å². The van der Waals surface area contributed by atoms with Gasteiger partial charge in [-0.2, -0.15) is 0 Å². The summed E-state index contributed by atoms with van der Waals surface area (Å²) >= 11 is 0. The van der Waals surface area contributed by atoms with Crippen molar-refractivity contribution in [1.29, 1.82) is 0 Å². The van der Waals surface area contributed by atoms with Gasteiger partial charge >= 0.3 is 0 Å². The summed E-state index contributed by atoms with van der Waals surface area (Å²) in [4.78, 5) is 0. The van der Waals surface area contributed by atoms with E-state index in [4.69, 9.17) is 9.47 Å². The Hall–Kier alpha value is -0.400. The lowest BCUT2D eigenvalue weighted by Gasteiger charge is -2.40. The van der Waals surface area contributed by atoms with Crippen molar-refractivity contribution in [2.75, 3.05) is 14.0 Å². The monoisotopic (exact) mass is 418 g/mol. The predicted molar refractivity (Wildman–Crippen MR) is 106 cm³/mol. The zero-order valence-electron chi connectivity index (χ0n) is 17.2. The summed E-state index contributed by atoms with van der Waals surface area (Å²) in [7, 11) is 1.46. The lowest BCUT2D eigenvalue weighted by atomic mass is 9.71. The molecule has 0 aromatic carbocycles. The largest absolute Gasteiger partial charge is 0.412 e. The first-order valence-corrected chi connectivity index (χ1v) is 10.6. The number of hydrogen-bond donors (Lipinski definition) is 0. The second-order valence-electron chi connectivity index (χ2n) is 8.57. The van der Waals surface area contributed by atoms with E-state index >= 15 is 0 Å². The fourth-order valence-corrected chi connectivity index (χ4v) is 5.15. The zero-order chi connectivity index (χ0) is 19.8. The molecule has 0 amide bonds. The Balaban J connectivity index is 0. The molecule has 4 atom stereocenters. The van der Waals surface area contributed by atoms with Crippen LogP contribution in [0.1, 0.15) is 74.0 Å². The van der Waals surface area contributed by atoms with E-state index < -0.39 is 31.5 Å². The molecule has 0 spiro atoms. The van der Waals surface area contributed by atoms with Crippen LogP contribution in [-0.4, -0.2) is 50.2 Å². The molecule has 172 valence electrons. The minimum atomic E-state index is -1.75. The summed E-state index contributed by atoms with van der Waals surface area (Å²) in [6, 6.07) is 0. The van der Waals surface area contributed by atoms with Crippen molar-refractivity contribution >= 4 is 0 Å². The molecule has 2 N–H and O–H groups in total. The number of ether oxygens (including phenoxy) is 2. The van der Waals surface area contributed by atoms with E-state index in [0.717, 1.165) is 30.6 Å². The molecule has 0 heterocycles. The van der Waals surface area contributed by atoms with Gasteiger partial charge in [-0.05, 0) is 69.1 Å². The molecule has 0 aromatic rings. The third kappa shape index (κ3) is 7.13. The van der Waals surface area contributed by atoms with E-state index in [0.29, 0.717) is 12.8 Å². The lowest BCUT2D eigenvalue weighted by Crippen LogP contribution is -2.47. The highest BCUT2D eigenvalue weighted by atomic mass is 19.3. The van der Waals surface area contributed by atoms with Crippen LogP contribution in [0, 0.1) is 17.8 Å². The molecular weight excluding hydrogens is 376 g/mol. The molecule has 3 nitrogen and oxygen atoms in total. The summed E-state index contributed by atoms with van der Waals surface area (Å²) in [5, 5.41) is 0. The van der Waals surface area contributed by atoms with Gasteiger partial charge in [0, 0.05) is 9.96 Å². The third-order valence-electron chi connectivity index (χ3n) is 6.87. The molecule has 3 fully saturated rings. The highest BCUT2D eigenvalue weighted by Gasteiger charge is 2.42. The number of methoxy groups -OCH3 is 1. The fourth-order valence-electron chi connectivity index (χ4n) is 5.15. The molecule has 3 aliphatic rings. The molecule has 0 saturated heterocycles. The maximum absolute atomic E-state index is 14.3. The van der Waals surface area contributed by atoms with Gasteiger partial charge in [0.15, 0.2) is 12.3 Å². The van der Waals surface area contributed by atoms with E-state index in [9.17, 15) is 17.6 Å². The second-order valence-corrected chi connectivity index (χ2v) is 8.57. The van der Waals surface area contributed by atoms with Crippen molar-refractivity contribution < 1.29 is 35.4 Å². The summed E-state index contributed by atoms with van der Waals surface area (Å²) in [6.07, 6.45) is 6.94. The van der Waals surface area contributed by atoms with Gasteiger partial charge in [-0.15, -0.1) is 0 Å². The van der Waals surface area contributed by atoms with Gasteiger partial charge in [0.05, 0.1) is 18.3 Å². The van der Waals surface area contributed by atoms with Gasteiger partial charge in [-0.25, -0.2) is 17.6 Å². The van der Waals surface area contributed by atoms with Crippen molar-refractivity contribution in [1.82, 2.24) is 0 Å². The Morgan fingerprint density at radius 3 is 1.68 bits per heavy atom. The maximum atomic E-state index is 14.3. The van der Waals surface area contributed by atoms with Gasteiger partial charge in [0.2, 0.25) is 6.93 Å². The first-order valence-electron chi connectivity index (χ1n) is 10.6. The molecule has 0 aliphatic heterocycles. The van der Waals surface area contributed by atoms with Crippen LogP contribution in [0.25, 0.3) is 0 Å². The lowest BCUT2D eigenvalue weighted by molar-refractivity contribution is -0.136. The van der Waals surface area contributed by atoms with Gasteiger partial charge in [-0.3, -0.25) is 0 Å². The van der Waals surface area contributed by atoms with Crippen LogP contribution >= 0.6 is 0 Å². The predicted octanol–water partition coefficient (Wildman–Crippen LogP) is 5.79. The molecule has 7 heteroatoms. The van der Waals surface area contributed by atoms with Crippen molar-refractivity contribution in [3.05, 3.63) is 0 Å². The van der Waals surface area contributed by atoms with E-state index in [2.05, 4.69) is 6.92 Å². The van der Waals surface area contributed by atoms with Crippen LogP contribution in [-0.2, 0) is 9.47 Å². The van der Waals surface area contributed by atoms with Crippen molar-refractivity contribution in [2.45, 2.75) is 102 Å². The number of halogens is 4. The number of rotatable bonds is 4. The molecule has 4 unspecified atom stereocenters. The summed E-state index contributed by atoms with van der Waals surface area (Å²) in [6.45, 7) is 0.616. The topological polar surface area (TPSA) is 50.0 Å². The highest BCUT2D eigenvalue weighted by molar-refractivity contribution is 4.91. The maximum Gasteiger partial charge on any atom is 0.229 e. The second kappa shape index (κ2) is 13.0. The van der Waals surface area contributed by atoms with Gasteiger partial charge in [-0.1, -0.05) is 19.8 Å². The molecule has 0 radical (unpaired) electrons. The SMILES string of the molecule is COC1CCC(OC2CCC(C3CCC(C)CC3)CC2)C(F)C1F.FCF.O.[HH].[HH]. The molecule has 3 saturated carbocycles. The average Bonchev–Trinajstić information content (AvgIpc) is 2.68. The first kappa shape index (κ1) is 25.6. The Bertz CT molecular complexity index is 410.